The number of carbonyl (C=O) groups excluding carboxylic acids is 1. The van der Waals surface area contributed by atoms with Crippen molar-refractivity contribution in [1.82, 2.24) is 9.47 Å². The van der Waals surface area contributed by atoms with Gasteiger partial charge in [-0.25, -0.2) is 0 Å². The van der Waals surface area contributed by atoms with Crippen LogP contribution in [0.2, 0.25) is 0 Å². The minimum absolute atomic E-state index is 0.0264. The summed E-state index contributed by atoms with van der Waals surface area (Å²) in [4.78, 5) is 17.1. The van der Waals surface area contributed by atoms with E-state index in [0.29, 0.717) is 36.8 Å². The number of azo groups is 2. The monoisotopic (exact) mass is 680 g/mol. The number of unbranched alkanes of at least 4 members (excludes halogenated alkanes) is 3. The van der Waals surface area contributed by atoms with Gasteiger partial charge in [0, 0.05) is 31.9 Å². The van der Waals surface area contributed by atoms with Gasteiger partial charge >= 0.3 is 0 Å². The summed E-state index contributed by atoms with van der Waals surface area (Å²) in [6.07, 6.45) is 9.44. The van der Waals surface area contributed by atoms with Crippen molar-refractivity contribution in [3.8, 4) is 18.2 Å². The molecule has 1 aliphatic rings. The van der Waals surface area contributed by atoms with E-state index in [1.807, 2.05) is 73.0 Å². The summed E-state index contributed by atoms with van der Waals surface area (Å²) in [6, 6.07) is 24.9. The first-order valence-electron chi connectivity index (χ1n) is 17.6. The molecule has 4 rings (SSSR count). The van der Waals surface area contributed by atoms with Gasteiger partial charge in [0.15, 0.2) is 17.2 Å². The Morgan fingerprint density at radius 3 is 1.76 bits per heavy atom. The van der Waals surface area contributed by atoms with Gasteiger partial charge in [0.25, 0.3) is 5.91 Å². The molecule has 0 aliphatic carbocycles. The Labute approximate surface area is 300 Å². The number of amides is 1. The third-order valence-corrected chi connectivity index (χ3v) is 8.46. The molecule has 260 valence electrons. The number of hydrogen-bond acceptors (Lipinski definition) is 9. The number of rotatable bonds is 17. The van der Waals surface area contributed by atoms with Crippen molar-refractivity contribution in [3.63, 3.8) is 0 Å². The minimum atomic E-state index is -0.401. The normalized spacial score (nSPS) is 13.1. The molecule has 1 aliphatic heterocycles. The van der Waals surface area contributed by atoms with Crippen LogP contribution < -0.4 is 4.90 Å². The SMILES string of the molecule is CCCCN1C(=O)C(/C=C/c2ccc(/N=N/c3ccc(/N=N/c4ccc(N(CCCC)CCCC)cc4)n3CC)cc2)=C(C#N)C1=C(C#N)C#N. The molecule has 51 heavy (non-hydrogen) atoms. The number of benzene rings is 2. The average molecular weight is 681 g/mol. The van der Waals surface area contributed by atoms with E-state index in [2.05, 4.69) is 51.3 Å². The van der Waals surface area contributed by atoms with Crippen molar-refractivity contribution in [1.29, 1.82) is 15.8 Å². The highest BCUT2D eigenvalue weighted by Crippen LogP contribution is 2.33. The van der Waals surface area contributed by atoms with Crippen LogP contribution in [0.25, 0.3) is 6.08 Å². The fourth-order valence-corrected chi connectivity index (χ4v) is 5.60. The van der Waals surface area contributed by atoms with Crippen LogP contribution in [0.15, 0.2) is 110 Å². The summed E-state index contributed by atoms with van der Waals surface area (Å²) in [5.74, 6) is 0.927. The van der Waals surface area contributed by atoms with Crippen LogP contribution in [0.4, 0.5) is 28.7 Å². The summed E-state index contributed by atoms with van der Waals surface area (Å²) in [5.41, 5.74) is 3.39. The molecular formula is C40H44N10O. The summed E-state index contributed by atoms with van der Waals surface area (Å²) in [7, 11) is 0. The Balaban J connectivity index is 1.46. The molecule has 11 nitrogen and oxygen atoms in total. The van der Waals surface area contributed by atoms with Gasteiger partial charge in [0.1, 0.15) is 18.2 Å². The molecule has 0 unspecified atom stereocenters. The Kier molecular flexibility index (Phi) is 14.2. The van der Waals surface area contributed by atoms with E-state index < -0.39 is 5.91 Å². The van der Waals surface area contributed by atoms with Crippen LogP contribution in [0.1, 0.15) is 71.8 Å². The second-order valence-corrected chi connectivity index (χ2v) is 12.0. The first-order chi connectivity index (χ1) is 24.9. The fourth-order valence-electron chi connectivity index (χ4n) is 5.60. The molecule has 0 N–H and O–H groups in total. The van der Waals surface area contributed by atoms with E-state index in [9.17, 15) is 20.6 Å². The molecule has 3 aromatic rings. The fraction of sp³-hybridized carbons (Fsp3) is 0.350. The van der Waals surface area contributed by atoms with Crippen LogP contribution in [0.3, 0.4) is 0 Å². The lowest BCUT2D eigenvalue weighted by molar-refractivity contribution is -0.124. The van der Waals surface area contributed by atoms with Crippen molar-refractivity contribution >= 4 is 40.7 Å². The molecule has 11 heteroatoms. The minimum Gasteiger partial charge on any atom is -0.372 e. The maximum atomic E-state index is 13.3. The third-order valence-electron chi connectivity index (χ3n) is 8.46. The first-order valence-corrected chi connectivity index (χ1v) is 17.6. The van der Waals surface area contributed by atoms with Crippen molar-refractivity contribution in [2.24, 2.45) is 20.5 Å². The molecule has 1 aromatic heterocycles. The average Bonchev–Trinajstić information content (AvgIpc) is 3.68. The zero-order valence-electron chi connectivity index (χ0n) is 29.9. The van der Waals surface area contributed by atoms with Crippen molar-refractivity contribution in [2.75, 3.05) is 24.5 Å². The standard InChI is InChI=1S/C40H44N10O/c1-5-9-24-48(25-10-6-2)34-19-17-33(18-20-34)45-47-38-23-22-37(49(38)8-4)46-44-32-15-12-30(13-16-32)14-21-35-36(29-43)39(31(27-41)28-42)50(40(35)51)26-11-7-3/h12-23H,5-11,24-26H2,1-4H3/b21-14+,46-44+,47-45+. The van der Waals surface area contributed by atoms with Crippen LogP contribution in [-0.2, 0) is 11.3 Å². The van der Waals surface area contributed by atoms with E-state index in [4.69, 9.17) is 0 Å². The molecular weight excluding hydrogens is 637 g/mol. The molecule has 0 radical (unpaired) electrons. The highest BCUT2D eigenvalue weighted by atomic mass is 16.2. The van der Waals surface area contributed by atoms with Gasteiger partial charge in [0.2, 0.25) is 0 Å². The Morgan fingerprint density at radius 1 is 0.725 bits per heavy atom. The predicted octanol–water partition coefficient (Wildman–Crippen LogP) is 10.5. The van der Waals surface area contributed by atoms with Gasteiger partial charge in [-0.1, -0.05) is 58.2 Å². The van der Waals surface area contributed by atoms with E-state index >= 15 is 0 Å². The number of carbonyl (C=O) groups is 1. The molecule has 2 heterocycles. The lowest BCUT2D eigenvalue weighted by Gasteiger charge is -2.24. The lowest BCUT2D eigenvalue weighted by atomic mass is 10.1. The van der Waals surface area contributed by atoms with Crippen molar-refractivity contribution < 1.29 is 4.79 Å². The third kappa shape index (κ3) is 9.53. The smallest absolute Gasteiger partial charge is 0.259 e. The number of nitrogens with zero attached hydrogens (tertiary/aromatic N) is 10. The van der Waals surface area contributed by atoms with Gasteiger partial charge in [-0.2, -0.15) is 15.8 Å². The summed E-state index contributed by atoms with van der Waals surface area (Å²) < 4.78 is 1.94. The van der Waals surface area contributed by atoms with Gasteiger partial charge in [-0.3, -0.25) is 4.79 Å². The van der Waals surface area contributed by atoms with E-state index in [1.165, 1.54) is 36.3 Å². The van der Waals surface area contributed by atoms with E-state index in [1.54, 1.807) is 24.3 Å². The molecule has 0 saturated carbocycles. The molecule has 0 spiro atoms. The molecule has 1 amide bonds. The van der Waals surface area contributed by atoms with E-state index in [-0.39, 0.29) is 22.4 Å². The predicted molar refractivity (Wildman–Crippen MR) is 200 cm³/mol. The number of allylic oxidation sites excluding steroid dienone is 2. The lowest BCUT2D eigenvalue weighted by Crippen LogP contribution is -2.27. The molecule has 2 aromatic carbocycles. The van der Waals surface area contributed by atoms with Crippen molar-refractivity contribution in [2.45, 2.75) is 72.8 Å². The quantitative estimate of drug-likeness (QED) is 0.103. The molecule has 0 saturated heterocycles. The molecule has 0 fully saturated rings. The maximum absolute atomic E-state index is 13.3. The number of anilines is 1. The zero-order chi connectivity index (χ0) is 36.6. The van der Waals surface area contributed by atoms with Crippen LogP contribution in [0, 0.1) is 34.0 Å². The topological polar surface area (TPSA) is 149 Å². The number of hydrogen-bond donors (Lipinski definition) is 0. The highest BCUT2D eigenvalue weighted by molar-refractivity contribution is 6.05. The van der Waals surface area contributed by atoms with Gasteiger partial charge in [0.05, 0.1) is 28.2 Å². The first kappa shape index (κ1) is 37.7. The maximum Gasteiger partial charge on any atom is 0.259 e. The van der Waals surface area contributed by atoms with E-state index in [0.717, 1.165) is 30.8 Å². The summed E-state index contributed by atoms with van der Waals surface area (Å²) >= 11 is 0. The zero-order valence-corrected chi connectivity index (χ0v) is 29.9. The second kappa shape index (κ2) is 19.2. The van der Waals surface area contributed by atoms with Gasteiger partial charge < -0.3 is 14.4 Å². The van der Waals surface area contributed by atoms with Crippen LogP contribution in [0.5, 0.6) is 0 Å². The summed E-state index contributed by atoms with van der Waals surface area (Å²) in [5, 5.41) is 46.7. The Bertz CT molecular complexity index is 1920. The number of aromatic nitrogens is 1. The summed E-state index contributed by atoms with van der Waals surface area (Å²) in [6.45, 7) is 11.5. The Hall–Kier alpha value is -6.12. The highest BCUT2D eigenvalue weighted by Gasteiger charge is 2.36. The number of nitriles is 3. The van der Waals surface area contributed by atoms with Crippen molar-refractivity contribution in [3.05, 3.63) is 94.7 Å². The van der Waals surface area contributed by atoms with Gasteiger partial charge in [-0.15, -0.1) is 20.5 Å². The van der Waals surface area contributed by atoms with Crippen LogP contribution >= 0.6 is 0 Å². The molecule has 0 bridgehead atoms. The largest absolute Gasteiger partial charge is 0.372 e. The van der Waals surface area contributed by atoms with Crippen LogP contribution in [-0.4, -0.2) is 35.0 Å². The molecule has 0 atom stereocenters. The second-order valence-electron chi connectivity index (χ2n) is 12.0. The Morgan fingerprint density at radius 2 is 1.27 bits per heavy atom. The van der Waals surface area contributed by atoms with Gasteiger partial charge in [-0.05, 0) is 86.4 Å².